The Hall–Kier alpha value is -1.47. The SMILES string of the molecule is CCO[C@@H]1C[C@@H](N(C)C(=O)c2cn(C3CCNCC3)nn2)C12CCCCC2. The van der Waals surface area contributed by atoms with E-state index in [2.05, 4.69) is 22.6 Å². The van der Waals surface area contributed by atoms with Crippen LogP contribution in [0, 0.1) is 5.41 Å². The molecule has 1 aliphatic heterocycles. The molecule has 27 heavy (non-hydrogen) atoms. The fourth-order valence-electron chi connectivity index (χ4n) is 5.52. The van der Waals surface area contributed by atoms with Crippen LogP contribution >= 0.6 is 0 Å². The number of amides is 1. The topological polar surface area (TPSA) is 72.3 Å². The van der Waals surface area contributed by atoms with Crippen molar-refractivity contribution in [2.24, 2.45) is 5.41 Å². The van der Waals surface area contributed by atoms with Crippen LogP contribution in [-0.4, -0.2) is 64.7 Å². The summed E-state index contributed by atoms with van der Waals surface area (Å²) >= 11 is 0. The lowest BCUT2D eigenvalue weighted by Crippen LogP contribution is -2.65. The van der Waals surface area contributed by atoms with Crippen molar-refractivity contribution in [2.75, 3.05) is 26.7 Å². The Balaban J connectivity index is 1.46. The molecule has 7 nitrogen and oxygen atoms in total. The van der Waals surface area contributed by atoms with E-state index in [0.29, 0.717) is 17.8 Å². The van der Waals surface area contributed by atoms with Crippen LogP contribution in [0.4, 0.5) is 0 Å². The van der Waals surface area contributed by atoms with Crippen LogP contribution in [-0.2, 0) is 4.74 Å². The van der Waals surface area contributed by atoms with Crippen molar-refractivity contribution in [3.63, 3.8) is 0 Å². The molecule has 1 saturated heterocycles. The van der Waals surface area contributed by atoms with Gasteiger partial charge < -0.3 is 15.0 Å². The highest BCUT2D eigenvalue weighted by molar-refractivity contribution is 5.92. The van der Waals surface area contributed by atoms with Gasteiger partial charge in [-0.05, 0) is 52.1 Å². The molecule has 0 radical (unpaired) electrons. The third kappa shape index (κ3) is 3.40. The zero-order valence-corrected chi connectivity index (χ0v) is 16.7. The zero-order chi connectivity index (χ0) is 18.9. The van der Waals surface area contributed by atoms with Gasteiger partial charge in [-0.1, -0.05) is 24.5 Å². The number of hydrogen-bond donors (Lipinski definition) is 1. The first-order valence-corrected chi connectivity index (χ1v) is 10.7. The maximum Gasteiger partial charge on any atom is 0.276 e. The summed E-state index contributed by atoms with van der Waals surface area (Å²) in [6.07, 6.45) is 11.3. The second-order valence-electron chi connectivity index (χ2n) is 8.47. The molecule has 2 heterocycles. The first-order chi connectivity index (χ1) is 13.2. The lowest BCUT2D eigenvalue weighted by Gasteiger charge is -2.60. The van der Waals surface area contributed by atoms with Crippen LogP contribution < -0.4 is 5.32 Å². The van der Waals surface area contributed by atoms with E-state index in [9.17, 15) is 4.79 Å². The fourth-order valence-corrected chi connectivity index (χ4v) is 5.52. The van der Waals surface area contributed by atoms with Gasteiger partial charge in [0.2, 0.25) is 0 Å². The highest BCUT2D eigenvalue weighted by Gasteiger charge is 2.58. The van der Waals surface area contributed by atoms with Gasteiger partial charge in [0, 0.05) is 25.1 Å². The van der Waals surface area contributed by atoms with E-state index in [0.717, 1.165) is 39.0 Å². The number of ether oxygens (including phenoxy) is 1. The molecule has 2 saturated carbocycles. The van der Waals surface area contributed by atoms with Gasteiger partial charge in [0.1, 0.15) is 0 Å². The van der Waals surface area contributed by atoms with Crippen molar-refractivity contribution >= 4 is 5.91 Å². The number of carbonyl (C=O) groups excluding carboxylic acids is 1. The molecule has 0 bridgehead atoms. The van der Waals surface area contributed by atoms with Gasteiger partial charge in [0.25, 0.3) is 5.91 Å². The summed E-state index contributed by atoms with van der Waals surface area (Å²) in [4.78, 5) is 15.1. The molecule has 1 aromatic heterocycles. The zero-order valence-electron chi connectivity index (χ0n) is 16.7. The van der Waals surface area contributed by atoms with Crippen molar-refractivity contribution < 1.29 is 9.53 Å². The molecule has 2 aliphatic carbocycles. The van der Waals surface area contributed by atoms with Gasteiger partial charge in [-0.3, -0.25) is 4.79 Å². The maximum atomic E-state index is 13.1. The third-order valence-corrected chi connectivity index (χ3v) is 7.09. The molecule has 1 aromatic rings. The average molecular weight is 376 g/mol. The van der Waals surface area contributed by atoms with Crippen LogP contribution in [0.1, 0.15) is 74.8 Å². The first kappa shape index (κ1) is 18.9. The monoisotopic (exact) mass is 375 g/mol. The summed E-state index contributed by atoms with van der Waals surface area (Å²) < 4.78 is 7.94. The summed E-state index contributed by atoms with van der Waals surface area (Å²) in [6, 6.07) is 0.604. The molecule has 2 atom stereocenters. The van der Waals surface area contributed by atoms with E-state index in [1.807, 2.05) is 22.8 Å². The number of aromatic nitrogens is 3. The minimum absolute atomic E-state index is 0.0000753. The van der Waals surface area contributed by atoms with E-state index in [4.69, 9.17) is 4.74 Å². The van der Waals surface area contributed by atoms with Gasteiger partial charge in [-0.15, -0.1) is 5.10 Å². The van der Waals surface area contributed by atoms with Crippen LogP contribution in [0.5, 0.6) is 0 Å². The van der Waals surface area contributed by atoms with Crippen LogP contribution in [0.2, 0.25) is 0 Å². The third-order valence-electron chi connectivity index (χ3n) is 7.09. The highest BCUT2D eigenvalue weighted by atomic mass is 16.5. The van der Waals surface area contributed by atoms with Crippen LogP contribution in [0.25, 0.3) is 0 Å². The van der Waals surface area contributed by atoms with Crippen molar-refractivity contribution in [1.82, 2.24) is 25.2 Å². The molecule has 1 amide bonds. The van der Waals surface area contributed by atoms with Gasteiger partial charge >= 0.3 is 0 Å². The molecule has 7 heteroatoms. The quantitative estimate of drug-likeness (QED) is 0.856. The Morgan fingerprint density at radius 1 is 1.33 bits per heavy atom. The van der Waals surface area contributed by atoms with E-state index in [-0.39, 0.29) is 17.4 Å². The number of carbonyl (C=O) groups is 1. The number of nitrogens with zero attached hydrogens (tertiary/aromatic N) is 4. The summed E-state index contributed by atoms with van der Waals surface area (Å²) in [5.74, 6) is 0.0000753. The Labute approximate surface area is 161 Å². The van der Waals surface area contributed by atoms with Crippen molar-refractivity contribution in [3.8, 4) is 0 Å². The maximum absolute atomic E-state index is 13.1. The Bertz CT molecular complexity index is 649. The van der Waals surface area contributed by atoms with Crippen LogP contribution in [0.15, 0.2) is 6.20 Å². The van der Waals surface area contributed by atoms with Crippen molar-refractivity contribution in [2.45, 2.75) is 76.5 Å². The predicted molar refractivity (Wildman–Crippen MR) is 103 cm³/mol. The Kier molecular flexibility index (Phi) is 5.50. The molecule has 0 aromatic carbocycles. The van der Waals surface area contributed by atoms with E-state index in [1.165, 1.54) is 32.1 Å². The number of piperidine rings is 1. The average Bonchev–Trinajstić information content (AvgIpc) is 3.21. The van der Waals surface area contributed by atoms with Crippen molar-refractivity contribution in [3.05, 3.63) is 11.9 Å². The summed E-state index contributed by atoms with van der Waals surface area (Å²) in [5, 5.41) is 11.8. The molecule has 3 fully saturated rings. The molecule has 4 rings (SSSR count). The Morgan fingerprint density at radius 3 is 2.78 bits per heavy atom. The summed E-state index contributed by atoms with van der Waals surface area (Å²) in [7, 11) is 1.94. The lowest BCUT2D eigenvalue weighted by atomic mass is 9.54. The largest absolute Gasteiger partial charge is 0.378 e. The summed E-state index contributed by atoms with van der Waals surface area (Å²) in [6.45, 7) is 4.81. The number of nitrogens with one attached hydrogen (secondary N) is 1. The van der Waals surface area contributed by atoms with Gasteiger partial charge in [0.05, 0.1) is 18.3 Å². The molecule has 1 spiro atoms. The molecule has 1 N–H and O–H groups in total. The first-order valence-electron chi connectivity index (χ1n) is 10.7. The number of rotatable bonds is 5. The lowest BCUT2D eigenvalue weighted by molar-refractivity contribution is -0.170. The molecule has 3 aliphatic rings. The normalized spacial score (nSPS) is 28.1. The molecular weight excluding hydrogens is 342 g/mol. The van der Waals surface area contributed by atoms with Gasteiger partial charge in [-0.25, -0.2) is 4.68 Å². The fraction of sp³-hybridized carbons (Fsp3) is 0.850. The molecule has 0 unspecified atom stereocenters. The van der Waals surface area contributed by atoms with Gasteiger partial charge in [-0.2, -0.15) is 0 Å². The predicted octanol–water partition coefficient (Wildman–Crippen LogP) is 2.40. The highest BCUT2D eigenvalue weighted by Crippen LogP contribution is 2.55. The number of hydrogen-bond acceptors (Lipinski definition) is 5. The van der Waals surface area contributed by atoms with E-state index < -0.39 is 0 Å². The smallest absolute Gasteiger partial charge is 0.276 e. The molecule has 150 valence electrons. The van der Waals surface area contributed by atoms with Crippen molar-refractivity contribution in [1.29, 1.82) is 0 Å². The Morgan fingerprint density at radius 2 is 2.07 bits per heavy atom. The van der Waals surface area contributed by atoms with E-state index in [1.54, 1.807) is 0 Å². The molecular formula is C20H33N5O2. The second kappa shape index (κ2) is 7.87. The van der Waals surface area contributed by atoms with Crippen LogP contribution in [0.3, 0.4) is 0 Å². The second-order valence-corrected chi connectivity index (χ2v) is 8.47. The van der Waals surface area contributed by atoms with E-state index >= 15 is 0 Å². The minimum atomic E-state index is 0.0000753. The summed E-state index contributed by atoms with van der Waals surface area (Å²) in [5.41, 5.74) is 0.617. The minimum Gasteiger partial charge on any atom is -0.378 e. The standard InChI is InChI=1S/C20H33N5O2/c1-3-27-18-13-17(20(18)9-5-4-6-10-20)24(2)19(26)16-14-25(23-22-16)15-7-11-21-12-8-15/h14-15,17-18,21H,3-13H2,1-2H3/t17-,18-/m1/s1. The van der Waals surface area contributed by atoms with Gasteiger partial charge in [0.15, 0.2) is 5.69 Å².